The second-order valence-corrected chi connectivity index (χ2v) is 4.41. The van der Waals surface area contributed by atoms with Crippen LogP contribution in [0.5, 0.6) is 5.75 Å². The monoisotopic (exact) mass is 243 g/mol. The van der Waals surface area contributed by atoms with Crippen LogP contribution in [0.15, 0.2) is 24.3 Å². The van der Waals surface area contributed by atoms with E-state index in [9.17, 15) is 13.9 Å². The minimum Gasteiger partial charge on any atom is -0.459 e. The van der Waals surface area contributed by atoms with Gasteiger partial charge in [0, 0.05) is 14.0 Å². The molecule has 0 bridgehead atoms. The molecule has 0 aromatic heterocycles. The van der Waals surface area contributed by atoms with Gasteiger partial charge in [-0.3, -0.25) is 0 Å². The van der Waals surface area contributed by atoms with Gasteiger partial charge in [-0.15, -0.1) is 0 Å². The van der Waals surface area contributed by atoms with E-state index in [0.717, 1.165) is 6.92 Å². The van der Waals surface area contributed by atoms with Crippen molar-refractivity contribution in [1.82, 2.24) is 0 Å². The Labute approximate surface area is 98.6 Å². The first-order chi connectivity index (χ1) is 7.80. The van der Waals surface area contributed by atoms with Gasteiger partial charge in [0.1, 0.15) is 11.9 Å². The van der Waals surface area contributed by atoms with E-state index in [1.54, 1.807) is 24.3 Å². The van der Waals surface area contributed by atoms with Crippen LogP contribution in [0.4, 0.5) is 14.5 Å². The number of aliphatic hydroxyl groups is 1. The Balaban J connectivity index is 2.45. The number of para-hydroxylation sites is 2. The molecule has 0 saturated carbocycles. The van der Waals surface area contributed by atoms with Crippen LogP contribution in [0, 0.1) is 0 Å². The van der Waals surface area contributed by atoms with Gasteiger partial charge >= 0.3 is 5.92 Å². The molecule has 1 aliphatic heterocycles. The van der Waals surface area contributed by atoms with Crippen molar-refractivity contribution in [3.63, 3.8) is 0 Å². The molecular formula is C12H15F2NO2. The van der Waals surface area contributed by atoms with Crippen LogP contribution in [0.25, 0.3) is 0 Å². The molecule has 17 heavy (non-hydrogen) atoms. The molecule has 2 rings (SSSR count). The molecule has 1 heterocycles. The highest BCUT2D eigenvalue weighted by Gasteiger charge is 2.61. The molecule has 94 valence electrons. The number of hydrogen-bond donors (Lipinski definition) is 1. The Hall–Kier alpha value is -1.36. The molecular weight excluding hydrogens is 228 g/mol. The van der Waals surface area contributed by atoms with E-state index in [1.165, 1.54) is 18.9 Å². The van der Waals surface area contributed by atoms with Gasteiger partial charge in [0.15, 0.2) is 0 Å². The van der Waals surface area contributed by atoms with Crippen LogP contribution >= 0.6 is 0 Å². The van der Waals surface area contributed by atoms with E-state index in [0.29, 0.717) is 11.4 Å². The first-order valence-electron chi connectivity index (χ1n) is 5.38. The molecule has 0 fully saturated rings. The first kappa shape index (κ1) is 12.1. The van der Waals surface area contributed by atoms with E-state index in [1.807, 2.05) is 0 Å². The topological polar surface area (TPSA) is 32.7 Å². The highest BCUT2D eigenvalue weighted by Crippen LogP contribution is 2.48. The third-order valence-corrected chi connectivity index (χ3v) is 3.32. The average Bonchev–Trinajstić information content (AvgIpc) is 2.53. The molecule has 0 radical (unpaired) electrons. The number of benzene rings is 1. The molecule has 5 heteroatoms. The van der Waals surface area contributed by atoms with Crippen LogP contribution in [0.2, 0.25) is 0 Å². The summed E-state index contributed by atoms with van der Waals surface area (Å²) in [5.74, 6) is -2.97. The number of aliphatic hydroxyl groups excluding tert-OH is 1. The van der Waals surface area contributed by atoms with E-state index >= 15 is 0 Å². The molecule has 1 aliphatic rings. The van der Waals surface area contributed by atoms with Crippen LogP contribution in [0.1, 0.15) is 13.8 Å². The quantitative estimate of drug-likeness (QED) is 0.864. The highest BCUT2D eigenvalue weighted by atomic mass is 19.3. The SMILES string of the molecule is CC(O)C(F)(F)C1(C)Oc2ccccc2N1C. The number of halogens is 2. The molecule has 0 spiro atoms. The van der Waals surface area contributed by atoms with E-state index in [2.05, 4.69) is 0 Å². The van der Waals surface area contributed by atoms with E-state index < -0.39 is 17.8 Å². The lowest BCUT2D eigenvalue weighted by molar-refractivity contribution is -0.200. The normalized spacial score (nSPS) is 25.4. The van der Waals surface area contributed by atoms with Crippen LogP contribution in [-0.4, -0.2) is 29.9 Å². The molecule has 3 nitrogen and oxygen atoms in total. The maximum absolute atomic E-state index is 14.0. The van der Waals surface area contributed by atoms with Gasteiger partial charge in [0.25, 0.3) is 0 Å². The van der Waals surface area contributed by atoms with E-state index in [-0.39, 0.29) is 0 Å². The van der Waals surface area contributed by atoms with Crippen molar-refractivity contribution in [2.45, 2.75) is 31.6 Å². The number of alkyl halides is 2. The molecule has 1 aromatic rings. The Morgan fingerprint density at radius 1 is 1.41 bits per heavy atom. The zero-order chi connectivity index (χ0) is 12.8. The summed E-state index contributed by atoms with van der Waals surface area (Å²) in [6.07, 6.45) is -1.79. The van der Waals surface area contributed by atoms with Gasteiger partial charge in [0.2, 0.25) is 5.72 Å². The minimum atomic E-state index is -3.37. The van der Waals surface area contributed by atoms with Gasteiger partial charge < -0.3 is 14.7 Å². The van der Waals surface area contributed by atoms with Gasteiger partial charge in [-0.1, -0.05) is 12.1 Å². The summed E-state index contributed by atoms with van der Waals surface area (Å²) in [4.78, 5) is 1.36. The van der Waals surface area contributed by atoms with Crippen LogP contribution in [0.3, 0.4) is 0 Å². The molecule has 0 amide bonds. The number of hydrogen-bond acceptors (Lipinski definition) is 3. The second-order valence-electron chi connectivity index (χ2n) is 4.41. The zero-order valence-electron chi connectivity index (χ0n) is 9.95. The van der Waals surface area contributed by atoms with Gasteiger partial charge in [-0.2, -0.15) is 8.78 Å². The third-order valence-electron chi connectivity index (χ3n) is 3.32. The molecule has 1 N–H and O–H groups in total. The standard InChI is InChI=1S/C12H15F2NO2/c1-8(16)12(13,14)11(2)15(3)9-6-4-5-7-10(9)17-11/h4-8,16H,1-3H3. The zero-order valence-corrected chi connectivity index (χ0v) is 9.95. The highest BCUT2D eigenvalue weighted by molar-refractivity contribution is 5.63. The Morgan fingerprint density at radius 3 is 2.53 bits per heavy atom. The smallest absolute Gasteiger partial charge is 0.330 e. The van der Waals surface area contributed by atoms with Crippen molar-refractivity contribution in [3.05, 3.63) is 24.3 Å². The van der Waals surface area contributed by atoms with Crippen molar-refractivity contribution in [1.29, 1.82) is 0 Å². The third kappa shape index (κ3) is 1.49. The second kappa shape index (κ2) is 3.57. The maximum Gasteiger partial charge on any atom is 0.330 e. The predicted octanol–water partition coefficient (Wildman–Crippen LogP) is 2.25. The van der Waals surface area contributed by atoms with Crippen molar-refractivity contribution < 1.29 is 18.6 Å². The molecule has 0 aliphatic carbocycles. The summed E-state index contributed by atoms with van der Waals surface area (Å²) >= 11 is 0. The molecule has 2 unspecified atom stereocenters. The summed E-state index contributed by atoms with van der Waals surface area (Å²) in [5, 5.41) is 9.25. The van der Waals surface area contributed by atoms with Crippen LogP contribution < -0.4 is 9.64 Å². The number of anilines is 1. The Kier molecular flexibility index (Phi) is 2.54. The molecule has 1 aromatic carbocycles. The predicted molar refractivity (Wildman–Crippen MR) is 60.5 cm³/mol. The fraction of sp³-hybridized carbons (Fsp3) is 0.500. The lowest BCUT2D eigenvalue weighted by Crippen LogP contribution is -2.62. The molecule has 0 saturated heterocycles. The van der Waals surface area contributed by atoms with Crippen molar-refractivity contribution in [2.75, 3.05) is 11.9 Å². The fourth-order valence-corrected chi connectivity index (χ4v) is 2.01. The lowest BCUT2D eigenvalue weighted by atomic mass is 10.0. The minimum absolute atomic E-state index is 0.401. The Morgan fingerprint density at radius 2 is 2.00 bits per heavy atom. The lowest BCUT2D eigenvalue weighted by Gasteiger charge is -2.40. The summed E-state index contributed by atoms with van der Waals surface area (Å²) in [6, 6.07) is 6.82. The van der Waals surface area contributed by atoms with Crippen molar-refractivity contribution >= 4 is 5.69 Å². The number of rotatable bonds is 2. The number of ether oxygens (including phenoxy) is 1. The maximum atomic E-state index is 14.0. The first-order valence-corrected chi connectivity index (χ1v) is 5.38. The van der Waals surface area contributed by atoms with Crippen molar-refractivity contribution in [2.24, 2.45) is 0 Å². The van der Waals surface area contributed by atoms with Gasteiger partial charge in [-0.05, 0) is 19.1 Å². The Bertz CT molecular complexity index is 436. The average molecular weight is 243 g/mol. The number of fused-ring (bicyclic) bond motifs is 1. The van der Waals surface area contributed by atoms with Gasteiger partial charge in [-0.25, -0.2) is 0 Å². The summed E-state index contributed by atoms with van der Waals surface area (Å²) in [6.45, 7) is 2.34. The van der Waals surface area contributed by atoms with Gasteiger partial charge in [0.05, 0.1) is 5.69 Å². The van der Waals surface area contributed by atoms with Crippen LogP contribution in [-0.2, 0) is 0 Å². The number of nitrogens with zero attached hydrogens (tertiary/aromatic N) is 1. The largest absolute Gasteiger partial charge is 0.459 e. The fourth-order valence-electron chi connectivity index (χ4n) is 2.01. The molecule has 2 atom stereocenters. The summed E-state index contributed by atoms with van der Waals surface area (Å²) in [7, 11) is 1.53. The van der Waals surface area contributed by atoms with E-state index in [4.69, 9.17) is 4.74 Å². The summed E-state index contributed by atoms with van der Waals surface area (Å²) in [5.41, 5.74) is -1.28. The van der Waals surface area contributed by atoms with Crippen molar-refractivity contribution in [3.8, 4) is 5.75 Å². The summed E-state index contributed by atoms with van der Waals surface area (Å²) < 4.78 is 33.4.